The van der Waals surface area contributed by atoms with E-state index in [9.17, 15) is 0 Å². The van der Waals surface area contributed by atoms with Gasteiger partial charge in [0.15, 0.2) is 0 Å². The molecule has 70 valence electrons. The molecule has 0 aromatic carbocycles. The molecule has 1 unspecified atom stereocenters. The molecule has 0 fully saturated rings. The lowest BCUT2D eigenvalue weighted by atomic mass is 9.95. The van der Waals surface area contributed by atoms with E-state index in [1.165, 1.54) is 30.5 Å². The Kier molecular flexibility index (Phi) is 2.34. The summed E-state index contributed by atoms with van der Waals surface area (Å²) in [5.74, 6) is 1.52. The molecule has 0 saturated carbocycles. The van der Waals surface area contributed by atoms with Crippen LogP contribution in [0, 0.1) is 5.92 Å². The van der Waals surface area contributed by atoms with E-state index in [1.807, 2.05) is 6.20 Å². The number of aromatic nitrogens is 1. The summed E-state index contributed by atoms with van der Waals surface area (Å²) in [5, 5.41) is 0. The van der Waals surface area contributed by atoms with Crippen molar-refractivity contribution in [3.05, 3.63) is 29.6 Å². The van der Waals surface area contributed by atoms with E-state index in [1.54, 1.807) is 0 Å². The lowest BCUT2D eigenvalue weighted by Gasteiger charge is -2.12. The van der Waals surface area contributed by atoms with E-state index in [4.69, 9.17) is 0 Å². The molecule has 1 aromatic rings. The van der Waals surface area contributed by atoms with Crippen molar-refractivity contribution in [2.75, 3.05) is 0 Å². The lowest BCUT2D eigenvalue weighted by Crippen LogP contribution is -2.00. The van der Waals surface area contributed by atoms with Crippen molar-refractivity contribution < 1.29 is 0 Å². The number of aryl methyl sites for hydroxylation is 1. The van der Waals surface area contributed by atoms with Crippen LogP contribution in [0.1, 0.15) is 43.9 Å². The second-order valence-corrected chi connectivity index (χ2v) is 4.41. The van der Waals surface area contributed by atoms with Crippen LogP contribution in [-0.2, 0) is 6.42 Å². The van der Waals surface area contributed by atoms with Crippen LogP contribution in [0.3, 0.4) is 0 Å². The number of pyridine rings is 1. The van der Waals surface area contributed by atoms with Crippen molar-refractivity contribution in [1.29, 1.82) is 0 Å². The second-order valence-electron chi connectivity index (χ2n) is 4.41. The maximum absolute atomic E-state index is 4.49. The number of nitrogens with zero attached hydrogens (tertiary/aromatic N) is 1. The highest BCUT2D eigenvalue weighted by atomic mass is 14.7. The quantitative estimate of drug-likeness (QED) is 0.672. The molecule has 1 heterocycles. The molecule has 0 radical (unpaired) electrons. The molecule has 1 nitrogen and oxygen atoms in total. The average Bonchev–Trinajstić information content (AvgIpc) is 2.48. The standard InChI is InChI=1S/C12H17N/c1-9(2)8-11-6-5-10-4-3-7-13-12(10)11/h3-4,7,9,11H,5-6,8H2,1-2H3. The van der Waals surface area contributed by atoms with Gasteiger partial charge in [-0.3, -0.25) is 4.98 Å². The third kappa shape index (κ3) is 1.74. The summed E-state index contributed by atoms with van der Waals surface area (Å²) in [7, 11) is 0. The fourth-order valence-electron chi connectivity index (χ4n) is 2.29. The van der Waals surface area contributed by atoms with Gasteiger partial charge in [0, 0.05) is 17.8 Å². The molecule has 1 aliphatic rings. The highest BCUT2D eigenvalue weighted by Gasteiger charge is 2.23. The van der Waals surface area contributed by atoms with Crippen LogP contribution in [0.5, 0.6) is 0 Å². The number of rotatable bonds is 2. The first kappa shape index (κ1) is 8.74. The SMILES string of the molecule is CC(C)CC1CCc2cccnc21. The van der Waals surface area contributed by atoms with Crippen LogP contribution in [0.2, 0.25) is 0 Å². The highest BCUT2D eigenvalue weighted by Crippen LogP contribution is 2.35. The van der Waals surface area contributed by atoms with Gasteiger partial charge in [0.1, 0.15) is 0 Å². The first-order valence-electron chi connectivity index (χ1n) is 5.21. The first-order valence-corrected chi connectivity index (χ1v) is 5.21. The monoisotopic (exact) mass is 175 g/mol. The molecule has 0 amide bonds. The minimum atomic E-state index is 0.733. The molecule has 1 atom stereocenters. The Morgan fingerprint density at radius 2 is 2.38 bits per heavy atom. The molecule has 0 N–H and O–H groups in total. The zero-order valence-electron chi connectivity index (χ0n) is 8.46. The Balaban J connectivity index is 2.18. The van der Waals surface area contributed by atoms with Gasteiger partial charge in [-0.1, -0.05) is 19.9 Å². The normalized spacial score (nSPS) is 20.7. The summed E-state index contributed by atoms with van der Waals surface area (Å²) in [4.78, 5) is 4.49. The van der Waals surface area contributed by atoms with Gasteiger partial charge < -0.3 is 0 Å². The van der Waals surface area contributed by atoms with Crippen LogP contribution < -0.4 is 0 Å². The summed E-state index contributed by atoms with van der Waals surface area (Å²) in [6.45, 7) is 4.59. The fraction of sp³-hybridized carbons (Fsp3) is 0.583. The van der Waals surface area contributed by atoms with E-state index in [0.717, 1.165) is 11.8 Å². The maximum Gasteiger partial charge on any atom is 0.0466 e. The van der Waals surface area contributed by atoms with Crippen molar-refractivity contribution in [3.8, 4) is 0 Å². The van der Waals surface area contributed by atoms with E-state index in [2.05, 4.69) is 31.0 Å². The first-order chi connectivity index (χ1) is 6.27. The lowest BCUT2D eigenvalue weighted by molar-refractivity contribution is 0.491. The number of hydrogen-bond acceptors (Lipinski definition) is 1. The molecule has 13 heavy (non-hydrogen) atoms. The van der Waals surface area contributed by atoms with Crippen LogP contribution >= 0.6 is 0 Å². The Labute approximate surface area is 80.2 Å². The van der Waals surface area contributed by atoms with Crippen LogP contribution in [0.25, 0.3) is 0 Å². The van der Waals surface area contributed by atoms with Gasteiger partial charge in [-0.2, -0.15) is 0 Å². The molecule has 0 spiro atoms. The van der Waals surface area contributed by atoms with Gasteiger partial charge >= 0.3 is 0 Å². The molecule has 0 aliphatic heterocycles. The molecule has 0 bridgehead atoms. The Bertz CT molecular complexity index is 291. The molecule has 1 aromatic heterocycles. The Morgan fingerprint density at radius 3 is 3.15 bits per heavy atom. The molecular formula is C12H17N. The van der Waals surface area contributed by atoms with E-state index in [0.29, 0.717) is 0 Å². The van der Waals surface area contributed by atoms with Crippen molar-refractivity contribution in [1.82, 2.24) is 4.98 Å². The predicted molar refractivity (Wildman–Crippen MR) is 54.8 cm³/mol. The van der Waals surface area contributed by atoms with E-state index >= 15 is 0 Å². The minimum absolute atomic E-state index is 0.733. The van der Waals surface area contributed by atoms with Crippen LogP contribution in [0.15, 0.2) is 18.3 Å². The molecule has 0 saturated heterocycles. The summed E-state index contributed by atoms with van der Waals surface area (Å²) in [6.07, 6.45) is 5.77. The van der Waals surface area contributed by atoms with Crippen LogP contribution in [0.4, 0.5) is 0 Å². The average molecular weight is 175 g/mol. The Morgan fingerprint density at radius 1 is 1.54 bits per heavy atom. The Hall–Kier alpha value is -0.850. The predicted octanol–water partition coefficient (Wildman–Crippen LogP) is 3.16. The summed E-state index contributed by atoms with van der Waals surface area (Å²) in [5.41, 5.74) is 2.85. The largest absolute Gasteiger partial charge is 0.261 e. The summed E-state index contributed by atoms with van der Waals surface area (Å²) < 4.78 is 0. The molecule has 2 rings (SSSR count). The number of fused-ring (bicyclic) bond motifs is 1. The molecular weight excluding hydrogens is 158 g/mol. The van der Waals surface area contributed by atoms with Crippen molar-refractivity contribution >= 4 is 0 Å². The van der Waals surface area contributed by atoms with Gasteiger partial charge in [0.25, 0.3) is 0 Å². The van der Waals surface area contributed by atoms with Gasteiger partial charge in [0.2, 0.25) is 0 Å². The highest BCUT2D eigenvalue weighted by molar-refractivity contribution is 5.28. The van der Waals surface area contributed by atoms with Crippen molar-refractivity contribution in [2.45, 2.75) is 39.0 Å². The minimum Gasteiger partial charge on any atom is -0.261 e. The van der Waals surface area contributed by atoms with Crippen molar-refractivity contribution in [2.24, 2.45) is 5.92 Å². The fourth-order valence-corrected chi connectivity index (χ4v) is 2.29. The summed E-state index contributed by atoms with van der Waals surface area (Å²) >= 11 is 0. The van der Waals surface area contributed by atoms with Gasteiger partial charge in [-0.25, -0.2) is 0 Å². The molecule has 1 aliphatic carbocycles. The maximum atomic E-state index is 4.49. The third-order valence-electron chi connectivity index (χ3n) is 2.83. The van der Waals surface area contributed by atoms with Gasteiger partial charge in [0.05, 0.1) is 0 Å². The van der Waals surface area contributed by atoms with E-state index < -0.39 is 0 Å². The van der Waals surface area contributed by atoms with Gasteiger partial charge in [-0.15, -0.1) is 0 Å². The van der Waals surface area contributed by atoms with Gasteiger partial charge in [-0.05, 0) is 36.8 Å². The topological polar surface area (TPSA) is 12.9 Å². The molecule has 1 heteroatoms. The second kappa shape index (κ2) is 3.49. The zero-order valence-corrected chi connectivity index (χ0v) is 8.46. The zero-order chi connectivity index (χ0) is 9.26. The smallest absolute Gasteiger partial charge is 0.0466 e. The van der Waals surface area contributed by atoms with Crippen molar-refractivity contribution in [3.63, 3.8) is 0 Å². The van der Waals surface area contributed by atoms with Crippen LogP contribution in [-0.4, -0.2) is 4.98 Å². The van der Waals surface area contributed by atoms with E-state index in [-0.39, 0.29) is 0 Å². The summed E-state index contributed by atoms with van der Waals surface area (Å²) in [6, 6.07) is 4.28. The number of hydrogen-bond donors (Lipinski definition) is 0. The third-order valence-corrected chi connectivity index (χ3v) is 2.83.